The van der Waals surface area contributed by atoms with Crippen LogP contribution in [0.4, 0.5) is 0 Å². The lowest BCUT2D eigenvalue weighted by molar-refractivity contribution is 1.60. The largest absolute Gasteiger partial charge is 0.0622 e. The molecule has 4 aromatic rings. The van der Waals surface area contributed by atoms with Gasteiger partial charge in [0.25, 0.3) is 0 Å². The van der Waals surface area contributed by atoms with Crippen LogP contribution in [-0.2, 0) is 0 Å². The minimum atomic E-state index is -0.547. The molecule has 32 heavy (non-hydrogen) atoms. The van der Waals surface area contributed by atoms with Crippen LogP contribution >= 0.6 is 15.8 Å². The number of benzene rings is 4. The Bertz CT molecular complexity index is 989. The Morgan fingerprint density at radius 1 is 0.406 bits per heavy atom. The predicted octanol–water partition coefficient (Wildman–Crippen LogP) is 7.06. The maximum Gasteiger partial charge on any atom is -0.0154 e. The van der Waals surface area contributed by atoms with E-state index in [1.807, 2.05) is 0 Å². The minimum Gasteiger partial charge on any atom is -0.0622 e. The number of rotatable bonds is 7. The molecule has 158 valence electrons. The van der Waals surface area contributed by atoms with E-state index in [1.54, 1.807) is 0 Å². The molecule has 4 aromatic carbocycles. The van der Waals surface area contributed by atoms with Crippen LogP contribution in [0.5, 0.6) is 0 Å². The van der Waals surface area contributed by atoms with Crippen molar-refractivity contribution in [2.75, 3.05) is 0 Å². The summed E-state index contributed by atoms with van der Waals surface area (Å²) in [5.74, 6) is 0. The van der Waals surface area contributed by atoms with Gasteiger partial charge in [-0.15, -0.1) is 0 Å². The fourth-order valence-electron chi connectivity index (χ4n) is 3.81. The first kappa shape index (κ1) is 22.4. The Morgan fingerprint density at radius 3 is 0.844 bits per heavy atom. The maximum absolute atomic E-state index is 2.35. The van der Waals surface area contributed by atoms with Gasteiger partial charge in [-0.1, -0.05) is 133 Å². The molecule has 4 rings (SSSR count). The first-order valence-electron chi connectivity index (χ1n) is 10.9. The molecule has 0 spiro atoms. The van der Waals surface area contributed by atoms with E-state index < -0.39 is 15.8 Å². The molecular weight excluding hydrogens is 422 g/mol. The van der Waals surface area contributed by atoms with Crippen molar-refractivity contribution in [3.63, 3.8) is 0 Å². The highest BCUT2D eigenvalue weighted by atomic mass is 31.1. The number of allylic oxidation sites excluding steroid dienone is 4. The van der Waals surface area contributed by atoms with E-state index in [4.69, 9.17) is 0 Å². The molecule has 0 saturated heterocycles. The number of hydrogen-bond donors (Lipinski definition) is 0. The van der Waals surface area contributed by atoms with Crippen molar-refractivity contribution >= 4 is 37.1 Å². The lowest BCUT2D eigenvalue weighted by Gasteiger charge is -2.21. The predicted molar refractivity (Wildman–Crippen MR) is 146 cm³/mol. The van der Waals surface area contributed by atoms with Crippen LogP contribution in [0, 0.1) is 0 Å². The van der Waals surface area contributed by atoms with Crippen LogP contribution in [0.1, 0.15) is 13.8 Å². The highest BCUT2D eigenvalue weighted by Crippen LogP contribution is 2.45. The van der Waals surface area contributed by atoms with E-state index in [1.165, 1.54) is 31.8 Å². The summed E-state index contributed by atoms with van der Waals surface area (Å²) in [5, 5.41) is 8.38. The molecule has 0 aliphatic rings. The van der Waals surface area contributed by atoms with Crippen molar-refractivity contribution in [2.24, 2.45) is 0 Å². The van der Waals surface area contributed by atoms with Gasteiger partial charge >= 0.3 is 0 Å². The van der Waals surface area contributed by atoms with Gasteiger partial charge < -0.3 is 0 Å². The monoisotopic (exact) mass is 450 g/mol. The third kappa shape index (κ3) is 5.52. The highest BCUT2D eigenvalue weighted by molar-refractivity contribution is 7.77. The molecule has 0 aliphatic heterocycles. The lowest BCUT2D eigenvalue weighted by Crippen LogP contribution is -2.12. The van der Waals surface area contributed by atoms with Crippen molar-refractivity contribution in [3.05, 3.63) is 144 Å². The molecule has 0 heterocycles. The minimum absolute atomic E-state index is 0.547. The maximum atomic E-state index is 2.35. The van der Waals surface area contributed by atoms with Crippen LogP contribution in [0.3, 0.4) is 0 Å². The molecule has 0 atom stereocenters. The van der Waals surface area contributed by atoms with E-state index in [0.29, 0.717) is 0 Å². The van der Waals surface area contributed by atoms with Gasteiger partial charge in [-0.3, -0.25) is 0 Å². The van der Waals surface area contributed by atoms with Crippen molar-refractivity contribution in [1.29, 1.82) is 0 Å². The van der Waals surface area contributed by atoms with Crippen LogP contribution in [0.15, 0.2) is 144 Å². The smallest absolute Gasteiger partial charge is 0.0154 e. The average Bonchev–Trinajstić information content (AvgIpc) is 2.86. The third-order valence-corrected chi connectivity index (χ3v) is 10.3. The van der Waals surface area contributed by atoms with E-state index in [-0.39, 0.29) is 0 Å². The van der Waals surface area contributed by atoms with E-state index in [9.17, 15) is 0 Å². The second-order valence-electron chi connectivity index (χ2n) is 7.63. The zero-order valence-electron chi connectivity index (χ0n) is 18.6. The zero-order valence-corrected chi connectivity index (χ0v) is 20.4. The van der Waals surface area contributed by atoms with E-state index in [2.05, 4.69) is 147 Å². The van der Waals surface area contributed by atoms with Gasteiger partial charge in [0, 0.05) is 0 Å². The summed E-state index contributed by atoms with van der Waals surface area (Å²) in [6.07, 6.45) is 4.70. The second kappa shape index (κ2) is 11.2. The van der Waals surface area contributed by atoms with Gasteiger partial charge in [-0.25, -0.2) is 0 Å². The van der Waals surface area contributed by atoms with Gasteiger partial charge in [0.1, 0.15) is 0 Å². The number of hydrogen-bond acceptors (Lipinski definition) is 0. The Hall–Kier alpha value is -2.78. The van der Waals surface area contributed by atoms with Crippen molar-refractivity contribution < 1.29 is 0 Å². The summed E-state index contributed by atoms with van der Waals surface area (Å²) in [6.45, 7) is 4.56. The standard InChI is InChI=1S/C30H28P2/c1-25(31(27-15-7-3-8-16-27)28-17-9-4-10-18-28)23-24-26(2)32(29-19-11-5-12-20-29)30-21-13-6-14-22-30/h3-24H,1-2H3/b25-23-,26-24-. The molecule has 0 unspecified atom stereocenters. The van der Waals surface area contributed by atoms with Crippen LogP contribution in [0.2, 0.25) is 0 Å². The molecule has 0 N–H and O–H groups in total. The van der Waals surface area contributed by atoms with Crippen molar-refractivity contribution in [1.82, 2.24) is 0 Å². The van der Waals surface area contributed by atoms with E-state index >= 15 is 0 Å². The summed E-state index contributed by atoms with van der Waals surface area (Å²) in [5.41, 5.74) is 0. The van der Waals surface area contributed by atoms with Crippen LogP contribution in [-0.4, -0.2) is 0 Å². The SMILES string of the molecule is C/C(=C/C=C(/C)P(c1ccccc1)c1ccccc1)P(c1ccccc1)c1ccccc1. The lowest BCUT2D eigenvalue weighted by atomic mass is 10.4. The fourth-order valence-corrected chi connectivity index (χ4v) is 8.36. The van der Waals surface area contributed by atoms with Crippen LogP contribution < -0.4 is 21.2 Å². The summed E-state index contributed by atoms with van der Waals surface area (Å²) in [7, 11) is -1.09. The fraction of sp³-hybridized carbons (Fsp3) is 0.0667. The van der Waals surface area contributed by atoms with Crippen molar-refractivity contribution in [2.45, 2.75) is 13.8 Å². The third-order valence-electron chi connectivity index (χ3n) is 5.33. The van der Waals surface area contributed by atoms with E-state index in [0.717, 1.165) is 0 Å². The molecule has 2 heteroatoms. The summed E-state index contributed by atoms with van der Waals surface area (Å²) in [4.78, 5) is 0. The zero-order chi connectivity index (χ0) is 22.2. The topological polar surface area (TPSA) is 0 Å². The summed E-state index contributed by atoms with van der Waals surface area (Å²) >= 11 is 0. The molecule has 0 aromatic heterocycles. The van der Waals surface area contributed by atoms with Crippen LogP contribution in [0.25, 0.3) is 0 Å². The second-order valence-corrected chi connectivity index (χ2v) is 12.4. The van der Waals surface area contributed by atoms with Gasteiger partial charge in [-0.05, 0) is 61.5 Å². The normalized spacial score (nSPS) is 12.4. The Labute approximate surface area is 194 Å². The first-order valence-corrected chi connectivity index (χ1v) is 13.6. The average molecular weight is 451 g/mol. The molecule has 0 amide bonds. The Balaban J connectivity index is 1.72. The highest BCUT2D eigenvalue weighted by Gasteiger charge is 2.17. The Kier molecular flexibility index (Phi) is 7.84. The molecule has 0 nitrogen and oxygen atoms in total. The molecule has 0 saturated carbocycles. The Morgan fingerprint density at radius 2 is 0.625 bits per heavy atom. The quantitative estimate of drug-likeness (QED) is 0.209. The summed E-state index contributed by atoms with van der Waals surface area (Å²) in [6, 6.07) is 43.6. The molecule has 0 bridgehead atoms. The van der Waals surface area contributed by atoms with Crippen molar-refractivity contribution in [3.8, 4) is 0 Å². The van der Waals surface area contributed by atoms with Gasteiger partial charge in [0.05, 0.1) is 0 Å². The summed E-state index contributed by atoms with van der Waals surface area (Å²) < 4.78 is 0. The van der Waals surface area contributed by atoms with Gasteiger partial charge in [-0.2, -0.15) is 0 Å². The first-order chi connectivity index (χ1) is 15.7. The van der Waals surface area contributed by atoms with Gasteiger partial charge in [0.2, 0.25) is 0 Å². The van der Waals surface area contributed by atoms with Gasteiger partial charge in [0.15, 0.2) is 0 Å². The molecule has 0 radical (unpaired) electrons. The molecular formula is C30H28P2. The molecule has 0 aliphatic carbocycles. The molecule has 0 fully saturated rings.